The highest BCUT2D eigenvalue weighted by atomic mass is 35.5. The third-order valence-electron chi connectivity index (χ3n) is 3.73. The van der Waals surface area contributed by atoms with E-state index in [9.17, 15) is 4.39 Å². The predicted molar refractivity (Wildman–Crippen MR) is 90.2 cm³/mol. The van der Waals surface area contributed by atoms with Gasteiger partial charge in [0.2, 0.25) is 5.95 Å². The summed E-state index contributed by atoms with van der Waals surface area (Å²) in [5.41, 5.74) is 2.44. The zero-order valence-corrected chi connectivity index (χ0v) is 14.0. The summed E-state index contributed by atoms with van der Waals surface area (Å²) in [7, 11) is 0. The van der Waals surface area contributed by atoms with E-state index in [2.05, 4.69) is 26.9 Å². The molecule has 0 radical (unpaired) electrons. The van der Waals surface area contributed by atoms with Gasteiger partial charge in [-0.3, -0.25) is 0 Å². The van der Waals surface area contributed by atoms with Crippen LogP contribution in [0.25, 0.3) is 11.5 Å². The fourth-order valence-corrected chi connectivity index (χ4v) is 2.87. The van der Waals surface area contributed by atoms with Crippen molar-refractivity contribution in [3.05, 3.63) is 59.3 Å². The zero-order valence-electron chi connectivity index (χ0n) is 13.3. The maximum Gasteiger partial charge on any atom is 0.213 e. The number of rotatable bonds is 6. The molecule has 24 heavy (non-hydrogen) atoms. The lowest BCUT2D eigenvalue weighted by molar-refractivity contribution is 0.583. The van der Waals surface area contributed by atoms with E-state index in [1.54, 1.807) is 18.3 Å². The number of halogens is 2. The minimum Gasteiger partial charge on any atom is -0.329 e. The molecule has 3 aromatic rings. The standard InChI is InChI=1S/C17H17ClFN5/c1-2-4-12-13(21-11-22-16(12)18)7-9-24-10-8-20-17(24)14-5-3-6-15(19)23-14/h3,5-6,8,10-11H,2,4,7,9H2,1H3. The third kappa shape index (κ3) is 3.59. The molecule has 0 aliphatic carbocycles. The fourth-order valence-electron chi connectivity index (χ4n) is 2.62. The van der Waals surface area contributed by atoms with E-state index >= 15 is 0 Å². The van der Waals surface area contributed by atoms with E-state index < -0.39 is 5.95 Å². The van der Waals surface area contributed by atoms with Gasteiger partial charge in [-0.15, -0.1) is 0 Å². The fraction of sp³-hybridized carbons (Fsp3) is 0.294. The molecular formula is C17H17ClFN5. The summed E-state index contributed by atoms with van der Waals surface area (Å²) in [4.78, 5) is 16.6. The molecule has 0 spiro atoms. The summed E-state index contributed by atoms with van der Waals surface area (Å²) in [6.45, 7) is 2.74. The Morgan fingerprint density at radius 1 is 1.17 bits per heavy atom. The Labute approximate surface area is 144 Å². The highest BCUT2D eigenvalue weighted by Crippen LogP contribution is 2.20. The second-order valence-electron chi connectivity index (χ2n) is 5.38. The van der Waals surface area contributed by atoms with Crippen molar-refractivity contribution in [3.63, 3.8) is 0 Å². The minimum atomic E-state index is -0.519. The molecule has 3 rings (SSSR count). The molecule has 5 nitrogen and oxygen atoms in total. The van der Waals surface area contributed by atoms with Gasteiger partial charge in [-0.1, -0.05) is 31.0 Å². The van der Waals surface area contributed by atoms with Crippen LogP contribution in [0.4, 0.5) is 4.39 Å². The molecule has 0 aliphatic rings. The normalized spacial score (nSPS) is 11.0. The smallest absolute Gasteiger partial charge is 0.213 e. The molecule has 7 heteroatoms. The van der Waals surface area contributed by atoms with E-state index in [-0.39, 0.29) is 0 Å². The van der Waals surface area contributed by atoms with Gasteiger partial charge in [0.25, 0.3) is 0 Å². The number of hydrogen-bond donors (Lipinski definition) is 0. The van der Waals surface area contributed by atoms with Crippen molar-refractivity contribution < 1.29 is 4.39 Å². The number of pyridine rings is 1. The van der Waals surface area contributed by atoms with Gasteiger partial charge in [-0.25, -0.2) is 19.9 Å². The van der Waals surface area contributed by atoms with Crippen molar-refractivity contribution in [1.29, 1.82) is 0 Å². The molecule has 0 fully saturated rings. The Morgan fingerprint density at radius 3 is 2.83 bits per heavy atom. The summed E-state index contributed by atoms with van der Waals surface area (Å²) >= 11 is 6.19. The maximum absolute atomic E-state index is 13.3. The van der Waals surface area contributed by atoms with Crippen LogP contribution in [-0.4, -0.2) is 24.5 Å². The average Bonchev–Trinajstić information content (AvgIpc) is 3.04. The van der Waals surface area contributed by atoms with Gasteiger partial charge in [-0.2, -0.15) is 4.39 Å². The van der Waals surface area contributed by atoms with Crippen LogP contribution < -0.4 is 0 Å². The van der Waals surface area contributed by atoms with Crippen LogP contribution in [0.3, 0.4) is 0 Å². The van der Waals surface area contributed by atoms with E-state index in [1.807, 2.05) is 10.8 Å². The van der Waals surface area contributed by atoms with Crippen LogP contribution in [0.5, 0.6) is 0 Å². The van der Waals surface area contributed by atoms with Gasteiger partial charge >= 0.3 is 0 Å². The second-order valence-corrected chi connectivity index (χ2v) is 5.74. The lowest BCUT2D eigenvalue weighted by Gasteiger charge is -2.11. The van der Waals surface area contributed by atoms with Gasteiger partial charge < -0.3 is 4.57 Å². The first-order chi connectivity index (χ1) is 11.7. The van der Waals surface area contributed by atoms with E-state index in [0.717, 1.165) is 24.1 Å². The highest BCUT2D eigenvalue weighted by molar-refractivity contribution is 6.30. The number of imidazole rings is 1. The molecule has 0 amide bonds. The first-order valence-corrected chi connectivity index (χ1v) is 8.19. The summed E-state index contributed by atoms with van der Waals surface area (Å²) < 4.78 is 15.3. The Kier molecular flexibility index (Phi) is 5.15. The molecule has 0 aromatic carbocycles. The molecule has 0 unspecified atom stereocenters. The van der Waals surface area contributed by atoms with Crippen LogP contribution in [0.2, 0.25) is 5.15 Å². The summed E-state index contributed by atoms with van der Waals surface area (Å²) in [6.07, 6.45) is 7.53. The maximum atomic E-state index is 13.3. The van der Waals surface area contributed by atoms with Gasteiger partial charge in [-0.05, 0) is 18.6 Å². The third-order valence-corrected chi connectivity index (χ3v) is 4.06. The van der Waals surface area contributed by atoms with E-state index in [4.69, 9.17) is 11.6 Å². The lowest BCUT2D eigenvalue weighted by atomic mass is 10.1. The van der Waals surface area contributed by atoms with Gasteiger partial charge in [0.15, 0.2) is 5.82 Å². The van der Waals surface area contributed by atoms with Gasteiger partial charge in [0.05, 0.1) is 5.69 Å². The molecule has 0 bridgehead atoms. The Morgan fingerprint density at radius 2 is 2.04 bits per heavy atom. The molecule has 0 atom stereocenters. The van der Waals surface area contributed by atoms with Crippen LogP contribution in [0.15, 0.2) is 36.9 Å². The molecule has 124 valence electrons. The van der Waals surface area contributed by atoms with Gasteiger partial charge in [0, 0.05) is 30.9 Å². The molecule has 0 N–H and O–H groups in total. The zero-order chi connectivity index (χ0) is 16.9. The lowest BCUT2D eigenvalue weighted by Crippen LogP contribution is -2.08. The Hall–Kier alpha value is -2.34. The van der Waals surface area contributed by atoms with Crippen molar-refractivity contribution in [2.75, 3.05) is 0 Å². The number of nitrogens with zero attached hydrogens (tertiary/aromatic N) is 5. The quantitative estimate of drug-likeness (QED) is 0.504. The average molecular weight is 346 g/mol. The van der Waals surface area contributed by atoms with E-state index in [1.165, 1.54) is 12.4 Å². The van der Waals surface area contributed by atoms with Gasteiger partial charge in [0.1, 0.15) is 17.2 Å². The summed E-state index contributed by atoms with van der Waals surface area (Å²) in [5, 5.41) is 0.513. The largest absolute Gasteiger partial charge is 0.329 e. The van der Waals surface area contributed by atoms with Crippen LogP contribution in [-0.2, 0) is 19.4 Å². The minimum absolute atomic E-state index is 0.509. The molecule has 0 saturated carbocycles. The first-order valence-electron chi connectivity index (χ1n) is 7.81. The number of aryl methyl sites for hydroxylation is 2. The topological polar surface area (TPSA) is 56.5 Å². The Balaban J connectivity index is 1.82. The monoisotopic (exact) mass is 345 g/mol. The highest BCUT2D eigenvalue weighted by Gasteiger charge is 2.12. The van der Waals surface area contributed by atoms with E-state index in [0.29, 0.717) is 29.6 Å². The SMILES string of the molecule is CCCc1c(Cl)ncnc1CCn1ccnc1-c1cccc(F)n1. The number of hydrogen-bond acceptors (Lipinski definition) is 4. The predicted octanol–water partition coefficient (Wildman–Crippen LogP) is 3.72. The molecule has 0 saturated heterocycles. The molecule has 3 heterocycles. The van der Waals surface area contributed by atoms with Crippen molar-refractivity contribution in [2.45, 2.75) is 32.7 Å². The summed E-state index contributed by atoms with van der Waals surface area (Å²) in [6, 6.07) is 4.68. The number of aromatic nitrogens is 5. The van der Waals surface area contributed by atoms with Crippen LogP contribution >= 0.6 is 11.6 Å². The molecular weight excluding hydrogens is 329 g/mol. The van der Waals surface area contributed by atoms with Crippen molar-refractivity contribution >= 4 is 11.6 Å². The second kappa shape index (κ2) is 7.49. The van der Waals surface area contributed by atoms with Crippen LogP contribution in [0.1, 0.15) is 24.6 Å². The van der Waals surface area contributed by atoms with Crippen molar-refractivity contribution in [2.24, 2.45) is 0 Å². The first kappa shape index (κ1) is 16.5. The molecule has 3 aromatic heterocycles. The Bertz CT molecular complexity index is 833. The van der Waals surface area contributed by atoms with Crippen LogP contribution in [0, 0.1) is 5.95 Å². The summed E-state index contributed by atoms with van der Waals surface area (Å²) in [5.74, 6) is 0.113. The van der Waals surface area contributed by atoms with Crippen molar-refractivity contribution in [3.8, 4) is 11.5 Å². The van der Waals surface area contributed by atoms with Crippen molar-refractivity contribution in [1.82, 2.24) is 24.5 Å². The molecule has 0 aliphatic heterocycles.